The number of aromatic nitrogens is 2. The van der Waals surface area contributed by atoms with E-state index in [-0.39, 0.29) is 5.75 Å². The Morgan fingerprint density at radius 1 is 1.05 bits per heavy atom. The van der Waals surface area contributed by atoms with Crippen LogP contribution in [0.15, 0.2) is 54.6 Å². The van der Waals surface area contributed by atoms with Crippen LogP contribution in [-0.4, -0.2) is 15.3 Å². The van der Waals surface area contributed by atoms with E-state index in [1.165, 1.54) is 10.1 Å². The number of aromatic hydroxyl groups is 1. The van der Waals surface area contributed by atoms with Gasteiger partial charge in [0.1, 0.15) is 5.75 Å². The van der Waals surface area contributed by atoms with E-state index in [4.69, 9.17) is 11.6 Å². The minimum absolute atomic E-state index is 0.166. The number of halogens is 1. The van der Waals surface area contributed by atoms with Gasteiger partial charge in [-0.05, 0) is 41.8 Å². The van der Waals surface area contributed by atoms with Gasteiger partial charge in [0.15, 0.2) is 0 Å². The number of fused-ring (bicyclic) bond motifs is 1. The summed E-state index contributed by atoms with van der Waals surface area (Å²) in [4.78, 5) is 1.11. The molecule has 0 spiro atoms. The van der Waals surface area contributed by atoms with Gasteiger partial charge in [-0.2, -0.15) is 5.10 Å². The lowest BCUT2D eigenvalue weighted by atomic mass is 10.1. The highest BCUT2D eigenvalue weighted by molar-refractivity contribution is 7.22. The van der Waals surface area contributed by atoms with Gasteiger partial charge in [0, 0.05) is 15.3 Å². The zero-order chi connectivity index (χ0) is 15.1. The molecule has 0 aliphatic carbocycles. The summed E-state index contributed by atoms with van der Waals surface area (Å²) in [5.41, 5.74) is 2.22. The van der Waals surface area contributed by atoms with Crippen LogP contribution in [0.2, 0.25) is 5.02 Å². The highest BCUT2D eigenvalue weighted by Crippen LogP contribution is 2.36. The summed E-state index contributed by atoms with van der Waals surface area (Å²) in [6.45, 7) is 0. The summed E-state index contributed by atoms with van der Waals surface area (Å²) >= 11 is 7.70. The molecule has 3 nitrogen and oxygen atoms in total. The number of rotatable bonds is 2. The first-order valence-corrected chi connectivity index (χ1v) is 7.93. The molecule has 5 heteroatoms. The summed E-state index contributed by atoms with van der Waals surface area (Å²) in [6.07, 6.45) is 0. The van der Waals surface area contributed by atoms with Gasteiger partial charge in [0.25, 0.3) is 0 Å². The molecule has 4 aromatic rings. The number of thiophene rings is 1. The van der Waals surface area contributed by atoms with Crippen LogP contribution in [0.25, 0.3) is 31.9 Å². The Morgan fingerprint density at radius 2 is 1.91 bits per heavy atom. The predicted octanol–water partition coefficient (Wildman–Crippen LogP) is 5.32. The first-order valence-electron chi connectivity index (χ1n) is 6.74. The van der Waals surface area contributed by atoms with E-state index in [0.29, 0.717) is 16.3 Å². The summed E-state index contributed by atoms with van der Waals surface area (Å²) in [7, 11) is 0. The Morgan fingerprint density at radius 3 is 2.77 bits per heavy atom. The van der Waals surface area contributed by atoms with Crippen molar-refractivity contribution in [1.29, 1.82) is 0 Å². The third-order valence-corrected chi connectivity index (χ3v) is 4.89. The fraction of sp³-hybridized carbons (Fsp3) is 0. The molecule has 4 rings (SSSR count). The van der Waals surface area contributed by atoms with Crippen molar-refractivity contribution in [3.8, 4) is 27.6 Å². The number of aromatic amines is 1. The smallest absolute Gasteiger partial charge is 0.125 e. The molecule has 2 N–H and O–H groups in total. The standard InChI is InChI=1S/C17H11ClN2OS/c18-11-5-6-15(21)12(8-11)13-9-14(20-19-13)17-7-10-3-1-2-4-16(10)22-17/h1-9,21H,(H,19,20). The molecule has 0 unspecified atom stereocenters. The summed E-state index contributed by atoms with van der Waals surface area (Å²) in [5.74, 6) is 0.166. The Kier molecular flexibility index (Phi) is 3.13. The van der Waals surface area contributed by atoms with Gasteiger partial charge in [-0.3, -0.25) is 5.10 Å². The lowest BCUT2D eigenvalue weighted by Crippen LogP contribution is -1.79. The van der Waals surface area contributed by atoms with Gasteiger partial charge in [0.2, 0.25) is 0 Å². The molecule has 0 atom stereocenters. The van der Waals surface area contributed by atoms with Gasteiger partial charge in [-0.1, -0.05) is 29.8 Å². The van der Waals surface area contributed by atoms with Crippen LogP contribution >= 0.6 is 22.9 Å². The number of nitrogens with zero attached hydrogens (tertiary/aromatic N) is 1. The van der Waals surface area contributed by atoms with Gasteiger partial charge in [-0.15, -0.1) is 11.3 Å². The molecule has 0 aliphatic heterocycles. The third-order valence-electron chi connectivity index (χ3n) is 3.50. The minimum atomic E-state index is 0.166. The molecular weight excluding hydrogens is 316 g/mol. The second-order valence-electron chi connectivity index (χ2n) is 4.98. The van der Waals surface area contributed by atoms with E-state index in [1.807, 2.05) is 18.2 Å². The lowest BCUT2D eigenvalue weighted by Gasteiger charge is -2.00. The fourth-order valence-corrected chi connectivity index (χ4v) is 3.61. The molecule has 108 valence electrons. The second kappa shape index (κ2) is 5.16. The van der Waals surface area contributed by atoms with Gasteiger partial charge in [-0.25, -0.2) is 0 Å². The van der Waals surface area contributed by atoms with Gasteiger partial charge < -0.3 is 5.11 Å². The molecule has 0 radical (unpaired) electrons. The minimum Gasteiger partial charge on any atom is -0.507 e. The molecule has 0 amide bonds. The molecule has 0 saturated carbocycles. The quantitative estimate of drug-likeness (QED) is 0.524. The number of H-pyrrole nitrogens is 1. The van der Waals surface area contributed by atoms with Gasteiger partial charge in [0.05, 0.1) is 16.3 Å². The lowest BCUT2D eigenvalue weighted by molar-refractivity contribution is 0.477. The molecule has 2 aromatic carbocycles. The van der Waals surface area contributed by atoms with E-state index in [2.05, 4.69) is 28.4 Å². The van der Waals surface area contributed by atoms with Crippen LogP contribution in [0.1, 0.15) is 0 Å². The van der Waals surface area contributed by atoms with Crippen LogP contribution < -0.4 is 0 Å². The average Bonchev–Trinajstić information content (AvgIpc) is 3.15. The largest absolute Gasteiger partial charge is 0.507 e. The maximum atomic E-state index is 9.97. The van der Waals surface area contributed by atoms with E-state index >= 15 is 0 Å². The monoisotopic (exact) mass is 326 g/mol. The molecule has 2 aromatic heterocycles. The normalized spacial score (nSPS) is 11.1. The summed E-state index contributed by atoms with van der Waals surface area (Å²) in [6, 6.07) is 17.3. The van der Waals surface area contributed by atoms with Crippen molar-refractivity contribution in [2.24, 2.45) is 0 Å². The molecular formula is C17H11ClN2OS. The van der Waals surface area contributed by atoms with Crippen LogP contribution in [0.3, 0.4) is 0 Å². The van der Waals surface area contributed by atoms with Crippen molar-refractivity contribution in [3.63, 3.8) is 0 Å². The number of nitrogens with one attached hydrogen (secondary N) is 1. The number of phenols is 1. The molecule has 22 heavy (non-hydrogen) atoms. The van der Waals surface area contributed by atoms with E-state index < -0.39 is 0 Å². The maximum absolute atomic E-state index is 9.97. The SMILES string of the molecule is Oc1ccc(Cl)cc1-c1cc(-c2cc3ccccc3s2)[nH]n1. The zero-order valence-electron chi connectivity index (χ0n) is 11.4. The number of hydrogen-bond donors (Lipinski definition) is 2. The van der Waals surface area contributed by atoms with Gasteiger partial charge >= 0.3 is 0 Å². The Labute approximate surface area is 135 Å². The summed E-state index contributed by atoms with van der Waals surface area (Å²) in [5, 5.41) is 19.1. The van der Waals surface area contributed by atoms with Crippen molar-refractivity contribution in [3.05, 3.63) is 59.6 Å². The number of phenolic OH excluding ortho intramolecular Hbond substituents is 1. The van der Waals surface area contributed by atoms with E-state index in [1.54, 1.807) is 29.5 Å². The van der Waals surface area contributed by atoms with Crippen molar-refractivity contribution in [1.82, 2.24) is 10.2 Å². The Balaban J connectivity index is 1.79. The Hall–Kier alpha value is -2.30. The van der Waals surface area contributed by atoms with E-state index in [0.717, 1.165) is 10.6 Å². The first kappa shape index (κ1) is 13.4. The van der Waals surface area contributed by atoms with E-state index in [9.17, 15) is 5.11 Å². The molecule has 2 heterocycles. The van der Waals surface area contributed by atoms with Crippen molar-refractivity contribution >= 4 is 33.0 Å². The highest BCUT2D eigenvalue weighted by atomic mass is 35.5. The second-order valence-corrected chi connectivity index (χ2v) is 6.50. The number of benzene rings is 2. The summed E-state index contributed by atoms with van der Waals surface area (Å²) < 4.78 is 1.24. The average molecular weight is 327 g/mol. The topological polar surface area (TPSA) is 48.9 Å². The maximum Gasteiger partial charge on any atom is 0.125 e. The predicted molar refractivity (Wildman–Crippen MR) is 91.5 cm³/mol. The van der Waals surface area contributed by atoms with Crippen LogP contribution in [0.5, 0.6) is 5.75 Å². The number of hydrogen-bond acceptors (Lipinski definition) is 3. The highest BCUT2D eigenvalue weighted by Gasteiger charge is 2.12. The molecule has 0 bridgehead atoms. The molecule has 0 saturated heterocycles. The van der Waals surface area contributed by atoms with Crippen molar-refractivity contribution in [2.45, 2.75) is 0 Å². The zero-order valence-corrected chi connectivity index (χ0v) is 12.9. The Bertz CT molecular complexity index is 941. The van der Waals surface area contributed by atoms with Crippen molar-refractivity contribution in [2.75, 3.05) is 0 Å². The van der Waals surface area contributed by atoms with Crippen LogP contribution in [-0.2, 0) is 0 Å². The first-order chi connectivity index (χ1) is 10.7. The van der Waals surface area contributed by atoms with Crippen LogP contribution in [0, 0.1) is 0 Å². The third kappa shape index (κ3) is 2.26. The van der Waals surface area contributed by atoms with Crippen molar-refractivity contribution < 1.29 is 5.11 Å². The molecule has 0 aliphatic rings. The molecule has 0 fully saturated rings. The van der Waals surface area contributed by atoms with Crippen LogP contribution in [0.4, 0.5) is 0 Å². The fourth-order valence-electron chi connectivity index (χ4n) is 2.41.